The highest BCUT2D eigenvalue weighted by Gasteiger charge is 2.32. The third-order valence-electron chi connectivity index (χ3n) is 6.27. The number of nitrogens with two attached hydrogens (primary N) is 1. The van der Waals surface area contributed by atoms with Gasteiger partial charge in [-0.15, -0.1) is 16.4 Å². The second-order valence-electron chi connectivity index (χ2n) is 9.78. The number of hydrogen-bond donors (Lipinski definition) is 2. The first-order valence-electron chi connectivity index (χ1n) is 12.7. The summed E-state index contributed by atoms with van der Waals surface area (Å²) in [7, 11) is -2.77. The summed E-state index contributed by atoms with van der Waals surface area (Å²) in [5.41, 5.74) is 0.245. The summed E-state index contributed by atoms with van der Waals surface area (Å²) in [6, 6.07) is 7.10. The number of thiazole rings is 1. The molecule has 0 aliphatic heterocycles. The van der Waals surface area contributed by atoms with E-state index in [1.165, 1.54) is 30.1 Å². The molecule has 0 saturated heterocycles. The third kappa shape index (κ3) is 7.85. The van der Waals surface area contributed by atoms with Gasteiger partial charge in [-0.25, -0.2) is 23.2 Å². The van der Waals surface area contributed by atoms with Gasteiger partial charge in [0.2, 0.25) is 10.2 Å². The van der Waals surface area contributed by atoms with Crippen molar-refractivity contribution in [3.05, 3.63) is 65.5 Å². The van der Waals surface area contributed by atoms with Crippen molar-refractivity contribution in [2.24, 2.45) is 11.1 Å². The van der Waals surface area contributed by atoms with Crippen LogP contribution in [-0.2, 0) is 37.1 Å². The standard InChI is InChI=1S/C26H27F3N6O6S2/c1-14(2)23(24(37)31-20(11-22(36)40-3)15-4-6-16(7-5-15)26(27,28)29)35-12-17(33-34-35)13-41-18-8-9-19-21(10-18)42-25(32-19)43(30,38)39/h4-10,12,14,20,23H,11,13H2,1-3H3,(H,31,37)(H2,30,38,39)/t20-,23-/m0/s1. The van der Waals surface area contributed by atoms with Crippen LogP contribution in [-0.4, -0.2) is 47.4 Å². The molecule has 2 aromatic heterocycles. The van der Waals surface area contributed by atoms with Crippen molar-refractivity contribution >= 4 is 43.5 Å². The molecule has 43 heavy (non-hydrogen) atoms. The van der Waals surface area contributed by atoms with Gasteiger partial charge in [-0.2, -0.15) is 13.2 Å². The van der Waals surface area contributed by atoms with Crippen LogP contribution in [0.2, 0.25) is 0 Å². The Morgan fingerprint density at radius 1 is 1.14 bits per heavy atom. The van der Waals surface area contributed by atoms with E-state index < -0.39 is 45.7 Å². The molecular weight excluding hydrogens is 613 g/mol. The highest BCUT2D eigenvalue weighted by molar-refractivity contribution is 7.91. The number of nitrogens with zero attached hydrogens (tertiary/aromatic N) is 4. The average molecular weight is 641 g/mol. The molecule has 12 nitrogen and oxygen atoms in total. The van der Waals surface area contributed by atoms with Gasteiger partial charge in [-0.05, 0) is 41.8 Å². The Kier molecular flexibility index (Phi) is 9.36. The molecule has 4 rings (SSSR count). The van der Waals surface area contributed by atoms with E-state index in [1.807, 2.05) is 0 Å². The Morgan fingerprint density at radius 3 is 2.44 bits per heavy atom. The summed E-state index contributed by atoms with van der Waals surface area (Å²) in [6.45, 7) is 3.51. The molecule has 1 amide bonds. The van der Waals surface area contributed by atoms with Crippen LogP contribution in [0.1, 0.15) is 49.2 Å². The van der Waals surface area contributed by atoms with Gasteiger partial charge in [-0.1, -0.05) is 31.2 Å². The van der Waals surface area contributed by atoms with E-state index in [9.17, 15) is 31.2 Å². The largest absolute Gasteiger partial charge is 0.487 e. The van der Waals surface area contributed by atoms with Crippen LogP contribution in [0.4, 0.5) is 13.2 Å². The summed E-state index contributed by atoms with van der Waals surface area (Å²) in [5, 5.41) is 16.0. The molecule has 0 aliphatic rings. The fraction of sp³-hybridized carbons (Fsp3) is 0.346. The normalized spacial score (nSPS) is 13.6. The molecule has 2 atom stereocenters. The summed E-state index contributed by atoms with van der Waals surface area (Å²) in [6.07, 6.45) is -3.33. The van der Waals surface area contributed by atoms with E-state index in [-0.39, 0.29) is 28.8 Å². The summed E-state index contributed by atoms with van der Waals surface area (Å²) in [5.74, 6) is -1.10. The molecule has 0 unspecified atom stereocenters. The molecule has 4 aromatic rings. The Balaban J connectivity index is 1.48. The second-order valence-corrected chi connectivity index (χ2v) is 12.5. The van der Waals surface area contributed by atoms with Crippen molar-refractivity contribution in [1.29, 1.82) is 0 Å². The third-order valence-corrected chi connectivity index (χ3v) is 8.61. The predicted molar refractivity (Wildman–Crippen MR) is 148 cm³/mol. The number of methoxy groups -OCH3 is 1. The average Bonchev–Trinajstić information content (AvgIpc) is 3.58. The van der Waals surface area contributed by atoms with Gasteiger partial charge in [0.1, 0.15) is 24.1 Å². The molecule has 0 radical (unpaired) electrons. The molecule has 2 heterocycles. The zero-order chi connectivity index (χ0) is 31.5. The minimum atomic E-state index is -4.54. The monoisotopic (exact) mass is 640 g/mol. The van der Waals surface area contributed by atoms with Crippen LogP contribution >= 0.6 is 11.3 Å². The number of aromatic nitrogens is 4. The molecule has 0 saturated carbocycles. The lowest BCUT2D eigenvalue weighted by Crippen LogP contribution is -2.38. The number of nitrogens with one attached hydrogen (secondary N) is 1. The van der Waals surface area contributed by atoms with E-state index >= 15 is 0 Å². The van der Waals surface area contributed by atoms with E-state index in [2.05, 4.69) is 20.6 Å². The Labute approximate surface area is 248 Å². The zero-order valence-corrected chi connectivity index (χ0v) is 24.7. The number of carbonyl (C=O) groups excluding carboxylic acids is 2. The number of rotatable bonds is 11. The van der Waals surface area contributed by atoms with Crippen molar-refractivity contribution in [2.45, 2.75) is 49.5 Å². The highest BCUT2D eigenvalue weighted by atomic mass is 32.2. The maximum absolute atomic E-state index is 13.4. The fourth-order valence-electron chi connectivity index (χ4n) is 4.16. The molecule has 0 spiro atoms. The Bertz CT molecular complexity index is 1720. The molecule has 17 heteroatoms. The lowest BCUT2D eigenvalue weighted by atomic mass is 9.99. The first-order valence-corrected chi connectivity index (χ1v) is 15.0. The van der Waals surface area contributed by atoms with Crippen molar-refractivity contribution in [3.63, 3.8) is 0 Å². The van der Waals surface area contributed by atoms with E-state index in [0.717, 1.165) is 23.5 Å². The quantitative estimate of drug-likeness (QED) is 0.232. The number of amides is 1. The maximum Gasteiger partial charge on any atom is 0.416 e. The van der Waals surface area contributed by atoms with Gasteiger partial charge in [-0.3, -0.25) is 9.59 Å². The SMILES string of the molecule is COC(=O)C[C@H](NC(=O)[C@H](C(C)C)n1cc(COc2ccc3nc(S(N)(=O)=O)sc3c2)nn1)c1ccc(C(F)(F)F)cc1. The number of carbonyl (C=O) groups is 2. The second kappa shape index (κ2) is 12.6. The van der Waals surface area contributed by atoms with Crippen LogP contribution in [0.25, 0.3) is 10.2 Å². The van der Waals surface area contributed by atoms with Crippen molar-refractivity contribution in [1.82, 2.24) is 25.3 Å². The van der Waals surface area contributed by atoms with Crippen molar-refractivity contribution < 1.29 is 40.7 Å². The van der Waals surface area contributed by atoms with Crippen LogP contribution in [0.3, 0.4) is 0 Å². The molecule has 2 aromatic carbocycles. The molecule has 0 aliphatic carbocycles. The van der Waals surface area contributed by atoms with Gasteiger partial charge in [0.15, 0.2) is 0 Å². The van der Waals surface area contributed by atoms with E-state index in [0.29, 0.717) is 21.7 Å². The molecule has 0 fully saturated rings. The number of fused-ring (bicyclic) bond motifs is 1. The Morgan fingerprint density at radius 2 is 1.84 bits per heavy atom. The fourth-order valence-corrected chi connectivity index (χ4v) is 5.85. The van der Waals surface area contributed by atoms with Gasteiger partial charge >= 0.3 is 12.1 Å². The van der Waals surface area contributed by atoms with Gasteiger partial charge < -0.3 is 14.8 Å². The smallest absolute Gasteiger partial charge is 0.416 e. The first-order chi connectivity index (χ1) is 20.2. The minimum Gasteiger partial charge on any atom is -0.487 e. The lowest BCUT2D eigenvalue weighted by molar-refractivity contribution is -0.141. The number of alkyl halides is 3. The molecular formula is C26H27F3N6O6S2. The zero-order valence-electron chi connectivity index (χ0n) is 23.0. The first kappa shape index (κ1) is 31.8. The highest BCUT2D eigenvalue weighted by Crippen LogP contribution is 2.31. The minimum absolute atomic E-state index is 0.0324. The molecule has 3 N–H and O–H groups in total. The van der Waals surface area contributed by atoms with Gasteiger partial charge in [0.05, 0.1) is 41.5 Å². The molecule has 0 bridgehead atoms. The topological polar surface area (TPSA) is 168 Å². The van der Waals surface area contributed by atoms with Gasteiger partial charge in [0.25, 0.3) is 10.0 Å². The van der Waals surface area contributed by atoms with Crippen LogP contribution < -0.4 is 15.2 Å². The predicted octanol–water partition coefficient (Wildman–Crippen LogP) is 3.75. The van der Waals surface area contributed by atoms with E-state index in [1.54, 1.807) is 32.0 Å². The number of sulfonamides is 1. The lowest BCUT2D eigenvalue weighted by Gasteiger charge is -2.25. The van der Waals surface area contributed by atoms with Crippen LogP contribution in [0.15, 0.2) is 53.0 Å². The number of ether oxygens (including phenoxy) is 2. The number of esters is 1. The summed E-state index contributed by atoms with van der Waals surface area (Å²) >= 11 is 0.905. The number of primary sulfonamides is 1. The summed E-state index contributed by atoms with van der Waals surface area (Å²) < 4.78 is 74.4. The van der Waals surface area contributed by atoms with Crippen LogP contribution in [0.5, 0.6) is 5.75 Å². The van der Waals surface area contributed by atoms with Crippen molar-refractivity contribution in [3.8, 4) is 5.75 Å². The molecule has 230 valence electrons. The summed E-state index contributed by atoms with van der Waals surface area (Å²) in [4.78, 5) is 29.5. The van der Waals surface area contributed by atoms with Crippen LogP contribution in [0, 0.1) is 5.92 Å². The number of benzene rings is 2. The van der Waals surface area contributed by atoms with Crippen molar-refractivity contribution in [2.75, 3.05) is 7.11 Å². The number of halogens is 3. The van der Waals surface area contributed by atoms with E-state index in [4.69, 9.17) is 14.6 Å². The van der Waals surface area contributed by atoms with Gasteiger partial charge in [0, 0.05) is 0 Å². The Hall–Kier alpha value is -4.09. The number of hydrogen-bond acceptors (Lipinski definition) is 10. The maximum atomic E-state index is 13.4.